The summed E-state index contributed by atoms with van der Waals surface area (Å²) >= 11 is 1.13. The van der Waals surface area contributed by atoms with Gasteiger partial charge in [0.05, 0.1) is 10.9 Å². The van der Waals surface area contributed by atoms with E-state index in [0.29, 0.717) is 11.0 Å². The van der Waals surface area contributed by atoms with Crippen LogP contribution in [-0.2, 0) is 0 Å². The van der Waals surface area contributed by atoms with Crippen LogP contribution in [0.2, 0.25) is 0 Å². The van der Waals surface area contributed by atoms with Crippen LogP contribution in [0, 0.1) is 12.7 Å². The normalized spacial score (nSPS) is 16.0. The molecule has 3 heterocycles. The number of halogens is 1. The van der Waals surface area contributed by atoms with E-state index >= 15 is 0 Å². The van der Waals surface area contributed by atoms with E-state index in [1.165, 1.54) is 16.5 Å². The van der Waals surface area contributed by atoms with E-state index in [2.05, 4.69) is 10.2 Å². The van der Waals surface area contributed by atoms with Gasteiger partial charge in [-0.2, -0.15) is 0 Å². The molecule has 138 valence electrons. The van der Waals surface area contributed by atoms with Crippen molar-refractivity contribution in [1.82, 2.24) is 10.2 Å². The molecule has 4 aromatic rings. The fourth-order valence-electron chi connectivity index (χ4n) is 3.55. The predicted molar refractivity (Wildman–Crippen MR) is 102 cm³/mol. The van der Waals surface area contributed by atoms with Gasteiger partial charge in [0, 0.05) is 5.56 Å². The van der Waals surface area contributed by atoms with Crippen molar-refractivity contribution in [3.05, 3.63) is 86.5 Å². The summed E-state index contributed by atoms with van der Waals surface area (Å²) in [6.07, 6.45) is 0. The lowest BCUT2D eigenvalue weighted by Crippen LogP contribution is -2.30. The molecular weight excluding hydrogens is 381 g/mol. The van der Waals surface area contributed by atoms with Gasteiger partial charge in [-0.1, -0.05) is 41.2 Å². The van der Waals surface area contributed by atoms with E-state index in [4.69, 9.17) is 4.42 Å². The zero-order valence-corrected chi connectivity index (χ0v) is 15.4. The first-order chi connectivity index (χ1) is 13.6. The maximum Gasteiger partial charge on any atom is 0.297 e. The van der Waals surface area contributed by atoms with Crippen molar-refractivity contribution in [1.29, 1.82) is 0 Å². The maximum atomic E-state index is 14.7. The molecule has 0 bridgehead atoms. The zero-order valence-electron chi connectivity index (χ0n) is 14.5. The summed E-state index contributed by atoms with van der Waals surface area (Å²) in [6.45, 7) is 1.86. The van der Waals surface area contributed by atoms with E-state index < -0.39 is 17.8 Å². The molecule has 0 saturated heterocycles. The Bertz CT molecular complexity index is 1300. The molecule has 0 spiro atoms. The monoisotopic (exact) mass is 393 g/mol. The summed E-state index contributed by atoms with van der Waals surface area (Å²) in [5.74, 6) is -1.16. The highest BCUT2D eigenvalue weighted by Crippen LogP contribution is 2.42. The lowest BCUT2D eigenvalue weighted by Gasteiger charge is -2.22. The number of fused-ring (bicyclic) bond motifs is 2. The third kappa shape index (κ3) is 2.31. The number of carbonyl (C=O) groups excluding carboxylic acids is 1. The molecule has 1 aliphatic rings. The summed E-state index contributed by atoms with van der Waals surface area (Å²) in [5, 5.41) is 8.36. The molecule has 2 aromatic heterocycles. The van der Waals surface area contributed by atoms with Gasteiger partial charge in [0.2, 0.25) is 10.9 Å². The van der Waals surface area contributed by atoms with Gasteiger partial charge < -0.3 is 4.42 Å². The van der Waals surface area contributed by atoms with Crippen molar-refractivity contribution in [3.63, 3.8) is 0 Å². The lowest BCUT2D eigenvalue weighted by molar-refractivity contribution is 0.0970. The Hall–Kier alpha value is -3.39. The number of hydrogen-bond acceptors (Lipinski definition) is 6. The summed E-state index contributed by atoms with van der Waals surface area (Å²) in [4.78, 5) is 27.8. The highest BCUT2D eigenvalue weighted by molar-refractivity contribution is 7.13. The Morgan fingerprint density at radius 2 is 2.00 bits per heavy atom. The Labute approximate surface area is 161 Å². The molecule has 0 unspecified atom stereocenters. The van der Waals surface area contributed by atoms with Gasteiger partial charge >= 0.3 is 0 Å². The molecule has 1 amide bonds. The SMILES string of the molecule is Cc1ccc2oc3c(c(=O)c2c1)[C@H](c1ccccc1F)N(c1nncs1)C3=O. The number of amides is 1. The van der Waals surface area contributed by atoms with E-state index in [-0.39, 0.29) is 27.4 Å². The summed E-state index contributed by atoms with van der Waals surface area (Å²) in [5.41, 5.74) is 2.63. The second-order valence-corrected chi connectivity index (χ2v) is 7.31. The maximum absolute atomic E-state index is 14.7. The highest BCUT2D eigenvalue weighted by atomic mass is 32.1. The quantitative estimate of drug-likeness (QED) is 0.517. The molecule has 0 N–H and O–H groups in total. The van der Waals surface area contributed by atoms with Gasteiger partial charge in [0.1, 0.15) is 23.0 Å². The average Bonchev–Trinajstić information content (AvgIpc) is 3.30. The number of hydrogen-bond donors (Lipinski definition) is 0. The van der Waals surface area contributed by atoms with E-state index in [0.717, 1.165) is 16.9 Å². The summed E-state index contributed by atoms with van der Waals surface area (Å²) in [7, 11) is 0. The molecule has 6 nitrogen and oxygen atoms in total. The number of aromatic nitrogens is 2. The van der Waals surface area contributed by atoms with Crippen molar-refractivity contribution in [3.8, 4) is 0 Å². The van der Waals surface area contributed by atoms with Gasteiger partial charge in [-0.3, -0.25) is 14.5 Å². The second-order valence-electron chi connectivity index (χ2n) is 6.49. The van der Waals surface area contributed by atoms with E-state index in [1.54, 1.807) is 36.4 Å². The minimum atomic E-state index is -0.974. The number of anilines is 1. The first-order valence-corrected chi connectivity index (χ1v) is 9.35. The third-order valence-electron chi connectivity index (χ3n) is 4.78. The predicted octanol–water partition coefficient (Wildman–Crippen LogP) is 3.84. The van der Waals surface area contributed by atoms with Crippen LogP contribution in [-0.4, -0.2) is 16.1 Å². The molecule has 0 aliphatic carbocycles. The molecule has 1 atom stereocenters. The van der Waals surface area contributed by atoms with Crippen LogP contribution < -0.4 is 10.3 Å². The molecule has 8 heteroatoms. The third-order valence-corrected chi connectivity index (χ3v) is 5.47. The minimum absolute atomic E-state index is 0.0928. The largest absolute Gasteiger partial charge is 0.450 e. The van der Waals surface area contributed by atoms with Gasteiger partial charge in [-0.05, 0) is 25.1 Å². The topological polar surface area (TPSA) is 76.3 Å². The lowest BCUT2D eigenvalue weighted by atomic mass is 9.98. The molecule has 0 saturated carbocycles. The van der Waals surface area contributed by atoms with E-state index in [9.17, 15) is 14.0 Å². The van der Waals surface area contributed by atoms with Gasteiger partial charge in [-0.15, -0.1) is 10.2 Å². The van der Waals surface area contributed by atoms with Gasteiger partial charge in [0.15, 0.2) is 5.43 Å². The fourth-order valence-corrected chi connectivity index (χ4v) is 4.13. The van der Waals surface area contributed by atoms with E-state index in [1.807, 2.05) is 6.92 Å². The number of rotatable bonds is 2. The molecule has 28 heavy (non-hydrogen) atoms. The number of benzene rings is 2. The molecule has 0 fully saturated rings. The van der Waals surface area contributed by atoms with Crippen LogP contribution in [0.25, 0.3) is 11.0 Å². The Morgan fingerprint density at radius 3 is 2.75 bits per heavy atom. The van der Waals surface area contributed by atoms with Crippen LogP contribution in [0.1, 0.15) is 33.3 Å². The average molecular weight is 393 g/mol. The first-order valence-electron chi connectivity index (χ1n) is 8.48. The number of carbonyl (C=O) groups is 1. The summed E-state index contributed by atoms with van der Waals surface area (Å²) in [6, 6.07) is 10.2. The Balaban J connectivity index is 1.87. The van der Waals surface area contributed by atoms with Crippen LogP contribution in [0.15, 0.2) is 57.2 Å². The molecule has 5 rings (SSSR count). The molecular formula is C20H12FN3O3S. The van der Waals surface area contributed by atoms with Crippen LogP contribution in [0.3, 0.4) is 0 Å². The number of aryl methyl sites for hydroxylation is 1. The Morgan fingerprint density at radius 1 is 1.18 bits per heavy atom. The first kappa shape index (κ1) is 16.8. The van der Waals surface area contributed by atoms with Crippen molar-refractivity contribution in [2.45, 2.75) is 13.0 Å². The van der Waals surface area contributed by atoms with Crippen LogP contribution >= 0.6 is 11.3 Å². The smallest absolute Gasteiger partial charge is 0.297 e. The fraction of sp³-hybridized carbons (Fsp3) is 0.100. The Kier molecular flexibility index (Phi) is 3.63. The van der Waals surface area contributed by atoms with Crippen molar-refractivity contribution >= 4 is 33.3 Å². The molecule has 2 aromatic carbocycles. The zero-order chi connectivity index (χ0) is 19.4. The number of nitrogens with zero attached hydrogens (tertiary/aromatic N) is 3. The van der Waals surface area contributed by atoms with Crippen molar-refractivity contribution in [2.24, 2.45) is 0 Å². The molecule has 0 radical (unpaired) electrons. The van der Waals surface area contributed by atoms with Crippen LogP contribution in [0.4, 0.5) is 9.52 Å². The highest BCUT2D eigenvalue weighted by Gasteiger charge is 2.45. The van der Waals surface area contributed by atoms with Gasteiger partial charge in [0.25, 0.3) is 5.91 Å². The van der Waals surface area contributed by atoms with Gasteiger partial charge in [-0.25, -0.2) is 4.39 Å². The molecule has 1 aliphatic heterocycles. The summed E-state index contributed by atoms with van der Waals surface area (Å²) < 4.78 is 20.5. The standard InChI is InChI=1S/C20H12FN3O3S/c1-10-6-7-14-12(8-10)17(25)15-16(11-4-2-3-5-13(11)21)24(19(26)18(15)27-14)20-23-22-9-28-20/h2-9,16H,1H3/t16-/m0/s1. The minimum Gasteiger partial charge on any atom is -0.450 e. The van der Waals surface area contributed by atoms with Crippen molar-refractivity contribution in [2.75, 3.05) is 4.90 Å². The second kappa shape index (κ2) is 6.07. The van der Waals surface area contributed by atoms with Crippen molar-refractivity contribution < 1.29 is 13.6 Å². The van der Waals surface area contributed by atoms with Crippen LogP contribution in [0.5, 0.6) is 0 Å².